The van der Waals surface area contributed by atoms with Crippen LogP contribution < -0.4 is 10.2 Å². The Balaban J connectivity index is 0.843. The molecule has 0 saturated carbocycles. The number of hydrogen-bond acceptors (Lipinski definition) is 2. The molecule has 10 aromatic carbocycles. The second-order valence-electron chi connectivity index (χ2n) is 19.2. The summed E-state index contributed by atoms with van der Waals surface area (Å²) in [6.07, 6.45) is 6.76. The van der Waals surface area contributed by atoms with E-state index in [0.29, 0.717) is 0 Å². The molecule has 1 spiro atoms. The molecule has 0 aromatic heterocycles. The average molecular weight is 881 g/mol. The van der Waals surface area contributed by atoms with E-state index < -0.39 is 5.41 Å². The van der Waals surface area contributed by atoms with E-state index in [2.05, 4.69) is 249 Å². The summed E-state index contributed by atoms with van der Waals surface area (Å²) in [5.74, 6) is 0. The van der Waals surface area contributed by atoms with Crippen molar-refractivity contribution in [2.75, 3.05) is 10.2 Å². The third-order valence-electron chi connectivity index (χ3n) is 15.6. The standard InChI is InChI=1S/C67H48N2/c1-42-30-31-47(39-57(42)58-41-59-56-23-9-13-28-64(56)68-65-29-15-24-51(43(58)2)66(59)65)46-17-14-16-45(38-46)44-32-34-49(35-33-44)69(48-18-4-3-5-19-48)50-36-37-55-54-22-8-12-27-62(54)67(63(55)40-50)60-25-10-6-20-52(60)53-21-7-11-26-61(53)67/h3-12,14-27,29-41,68H,13,28H2,1-2H3. The lowest BCUT2D eigenvalue weighted by Crippen LogP contribution is -2.26. The Kier molecular flexibility index (Phi) is 8.79. The summed E-state index contributed by atoms with van der Waals surface area (Å²) in [5.41, 5.74) is 28.8. The fourth-order valence-electron chi connectivity index (χ4n) is 12.4. The summed E-state index contributed by atoms with van der Waals surface area (Å²) in [5, 5.41) is 6.43. The molecule has 1 aliphatic heterocycles. The molecule has 10 aromatic rings. The van der Waals surface area contributed by atoms with Gasteiger partial charge in [-0.1, -0.05) is 164 Å². The van der Waals surface area contributed by atoms with Crippen molar-refractivity contribution < 1.29 is 0 Å². The Morgan fingerprint density at radius 1 is 0.420 bits per heavy atom. The van der Waals surface area contributed by atoms with Crippen LogP contribution in [-0.4, -0.2) is 0 Å². The van der Waals surface area contributed by atoms with Gasteiger partial charge in [0.15, 0.2) is 0 Å². The fraction of sp³-hybridized carbons (Fsp3) is 0.0746. The zero-order chi connectivity index (χ0) is 45.8. The first-order valence-corrected chi connectivity index (χ1v) is 24.4. The average Bonchev–Trinajstić information content (AvgIpc) is 3.87. The van der Waals surface area contributed by atoms with Crippen LogP contribution >= 0.6 is 0 Å². The van der Waals surface area contributed by atoms with Crippen LogP contribution in [0, 0.1) is 13.8 Å². The van der Waals surface area contributed by atoms with Gasteiger partial charge in [0.2, 0.25) is 0 Å². The molecule has 1 heterocycles. The SMILES string of the molecule is Cc1ccc(-c2cccc(-c3ccc(N(c4ccccc4)c4ccc5c(c4)C4(c6ccccc6-c6ccccc64)c4ccccc4-5)cc3)c2)cc1-c1cc2c3c(cccc3c1C)NC1=C2C=CCC1. The van der Waals surface area contributed by atoms with Gasteiger partial charge in [-0.25, -0.2) is 0 Å². The zero-order valence-corrected chi connectivity index (χ0v) is 38.7. The van der Waals surface area contributed by atoms with Crippen molar-refractivity contribution >= 4 is 39.1 Å². The molecule has 0 fully saturated rings. The van der Waals surface area contributed by atoms with E-state index in [1.54, 1.807) is 0 Å². The Hall–Kier alpha value is -8.46. The Bertz CT molecular complexity index is 3770. The van der Waals surface area contributed by atoms with E-state index in [0.717, 1.165) is 29.9 Å². The first-order chi connectivity index (χ1) is 34.0. The van der Waals surface area contributed by atoms with Crippen LogP contribution in [0.3, 0.4) is 0 Å². The van der Waals surface area contributed by atoms with Crippen LogP contribution in [0.1, 0.15) is 51.8 Å². The molecule has 14 rings (SSSR count). The van der Waals surface area contributed by atoms with E-state index >= 15 is 0 Å². The molecule has 0 saturated heterocycles. The Labute approximate surface area is 404 Å². The summed E-state index contributed by atoms with van der Waals surface area (Å²) in [4.78, 5) is 2.42. The van der Waals surface area contributed by atoms with Crippen molar-refractivity contribution in [3.8, 4) is 55.6 Å². The Morgan fingerprint density at radius 2 is 1.01 bits per heavy atom. The van der Waals surface area contributed by atoms with Crippen molar-refractivity contribution in [3.63, 3.8) is 0 Å². The molecular formula is C67H48N2. The smallest absolute Gasteiger partial charge is 0.0726 e. The summed E-state index contributed by atoms with van der Waals surface area (Å²) >= 11 is 0. The maximum absolute atomic E-state index is 3.78. The molecule has 0 amide bonds. The molecular weight excluding hydrogens is 833 g/mol. The van der Waals surface area contributed by atoms with Crippen LogP contribution in [0.5, 0.6) is 0 Å². The fourth-order valence-corrected chi connectivity index (χ4v) is 12.4. The quantitative estimate of drug-likeness (QED) is 0.179. The number of aryl methyl sites for hydroxylation is 2. The van der Waals surface area contributed by atoms with Gasteiger partial charge in [-0.05, 0) is 187 Å². The van der Waals surface area contributed by atoms with E-state index in [-0.39, 0.29) is 0 Å². The zero-order valence-electron chi connectivity index (χ0n) is 38.7. The molecule has 0 bridgehead atoms. The van der Waals surface area contributed by atoms with Gasteiger partial charge in [0.1, 0.15) is 0 Å². The number of rotatable bonds is 6. The molecule has 0 unspecified atom stereocenters. The van der Waals surface area contributed by atoms with Crippen molar-refractivity contribution in [2.24, 2.45) is 0 Å². The summed E-state index contributed by atoms with van der Waals surface area (Å²) in [6, 6.07) is 79.5. The normalized spacial score (nSPS) is 14.2. The van der Waals surface area contributed by atoms with Gasteiger partial charge in [0.05, 0.1) is 5.41 Å². The molecule has 0 radical (unpaired) electrons. The van der Waals surface area contributed by atoms with Crippen molar-refractivity contribution in [2.45, 2.75) is 32.1 Å². The monoisotopic (exact) mass is 880 g/mol. The Morgan fingerprint density at radius 3 is 1.74 bits per heavy atom. The maximum Gasteiger partial charge on any atom is 0.0726 e. The first kappa shape index (κ1) is 39.7. The van der Waals surface area contributed by atoms with Crippen LogP contribution in [0.25, 0.3) is 72.0 Å². The number of hydrogen-bond donors (Lipinski definition) is 1. The summed E-state index contributed by atoms with van der Waals surface area (Å²) < 4.78 is 0. The molecule has 1 N–H and O–H groups in total. The highest BCUT2D eigenvalue weighted by Gasteiger charge is 2.51. The summed E-state index contributed by atoms with van der Waals surface area (Å²) in [7, 11) is 0. The number of anilines is 4. The highest BCUT2D eigenvalue weighted by atomic mass is 15.1. The first-order valence-electron chi connectivity index (χ1n) is 24.4. The molecule has 2 nitrogen and oxygen atoms in total. The van der Waals surface area contributed by atoms with Gasteiger partial charge in [-0.2, -0.15) is 0 Å². The third kappa shape index (κ3) is 5.85. The van der Waals surface area contributed by atoms with E-state index in [9.17, 15) is 0 Å². The van der Waals surface area contributed by atoms with Crippen LogP contribution in [0.4, 0.5) is 22.7 Å². The lowest BCUT2D eigenvalue weighted by Gasteiger charge is -2.32. The van der Waals surface area contributed by atoms with Crippen LogP contribution in [0.15, 0.2) is 230 Å². The number of allylic oxidation sites excluding steroid dienone is 4. The topological polar surface area (TPSA) is 15.3 Å². The van der Waals surface area contributed by atoms with E-state index in [4.69, 9.17) is 0 Å². The predicted molar refractivity (Wildman–Crippen MR) is 290 cm³/mol. The molecule has 2 heteroatoms. The van der Waals surface area contributed by atoms with Gasteiger partial charge >= 0.3 is 0 Å². The van der Waals surface area contributed by atoms with Gasteiger partial charge in [-0.15, -0.1) is 0 Å². The molecule has 3 aliphatic carbocycles. The van der Waals surface area contributed by atoms with Gasteiger partial charge < -0.3 is 10.2 Å². The number of fused-ring (bicyclic) bond motifs is 11. The van der Waals surface area contributed by atoms with Crippen molar-refractivity contribution in [3.05, 3.63) is 269 Å². The van der Waals surface area contributed by atoms with Gasteiger partial charge in [0.25, 0.3) is 0 Å². The van der Waals surface area contributed by atoms with Crippen molar-refractivity contribution in [1.82, 2.24) is 0 Å². The number of benzene rings is 10. The largest absolute Gasteiger partial charge is 0.358 e. The van der Waals surface area contributed by atoms with Gasteiger partial charge in [0, 0.05) is 39.4 Å². The van der Waals surface area contributed by atoms with Gasteiger partial charge in [-0.3, -0.25) is 0 Å². The number of para-hydroxylation sites is 1. The second kappa shape index (κ2) is 15.3. The highest BCUT2D eigenvalue weighted by molar-refractivity contribution is 6.11. The minimum absolute atomic E-state index is 0.412. The lowest BCUT2D eigenvalue weighted by molar-refractivity contribution is 0.793. The number of nitrogens with zero attached hydrogens (tertiary/aromatic N) is 1. The van der Waals surface area contributed by atoms with E-state index in [1.165, 1.54) is 122 Å². The highest BCUT2D eigenvalue weighted by Crippen LogP contribution is 2.63. The van der Waals surface area contributed by atoms with E-state index in [1.807, 2.05) is 0 Å². The van der Waals surface area contributed by atoms with Crippen molar-refractivity contribution in [1.29, 1.82) is 0 Å². The maximum atomic E-state index is 3.78. The predicted octanol–water partition coefficient (Wildman–Crippen LogP) is 17.8. The number of nitrogens with one attached hydrogen (secondary N) is 1. The second-order valence-corrected chi connectivity index (χ2v) is 19.2. The summed E-state index contributed by atoms with van der Waals surface area (Å²) in [6.45, 7) is 4.54. The third-order valence-corrected chi connectivity index (χ3v) is 15.6. The minimum atomic E-state index is -0.412. The molecule has 0 atom stereocenters. The lowest BCUT2D eigenvalue weighted by atomic mass is 9.70. The van der Waals surface area contributed by atoms with Crippen LogP contribution in [-0.2, 0) is 5.41 Å². The minimum Gasteiger partial charge on any atom is -0.358 e. The van der Waals surface area contributed by atoms with Crippen LogP contribution in [0.2, 0.25) is 0 Å². The molecule has 69 heavy (non-hydrogen) atoms. The molecule has 326 valence electrons. The molecule has 4 aliphatic rings.